The minimum absolute atomic E-state index is 0.153. The highest BCUT2D eigenvalue weighted by Gasteiger charge is 2.35. The summed E-state index contributed by atoms with van der Waals surface area (Å²) in [5.41, 5.74) is 5.82. The summed E-state index contributed by atoms with van der Waals surface area (Å²) in [6.45, 7) is 7.85. The van der Waals surface area contributed by atoms with Crippen molar-refractivity contribution in [3.63, 3.8) is 0 Å². The van der Waals surface area contributed by atoms with E-state index in [9.17, 15) is 0 Å². The van der Waals surface area contributed by atoms with Gasteiger partial charge in [-0.05, 0) is 0 Å². The third-order valence-corrected chi connectivity index (χ3v) is 2.34. The van der Waals surface area contributed by atoms with Gasteiger partial charge < -0.3 is 10.5 Å². The van der Waals surface area contributed by atoms with Crippen molar-refractivity contribution in [2.24, 2.45) is 16.1 Å². The molecule has 1 aliphatic rings. The van der Waals surface area contributed by atoms with Crippen LogP contribution in [0.3, 0.4) is 0 Å². The van der Waals surface area contributed by atoms with Crippen LogP contribution in [0.15, 0.2) is 4.99 Å². The zero-order valence-electron chi connectivity index (χ0n) is 8.13. The van der Waals surface area contributed by atoms with E-state index in [0.29, 0.717) is 6.61 Å². The van der Waals surface area contributed by atoms with Crippen LogP contribution in [0.25, 0.3) is 0 Å². The van der Waals surface area contributed by atoms with Crippen LogP contribution in [0.1, 0.15) is 27.2 Å². The molecule has 0 spiro atoms. The molecule has 1 atom stereocenters. The van der Waals surface area contributed by atoms with Gasteiger partial charge in [0.1, 0.15) is 0 Å². The molecule has 0 aromatic heterocycles. The van der Waals surface area contributed by atoms with Crippen LogP contribution in [0.2, 0.25) is 0 Å². The zero-order valence-corrected chi connectivity index (χ0v) is 8.13. The number of nitrogens with two attached hydrogens (primary N) is 1. The van der Waals surface area contributed by atoms with Crippen molar-refractivity contribution in [1.29, 1.82) is 0 Å². The Bertz CT molecular complexity index is 187. The maximum absolute atomic E-state index is 5.67. The molecular formula is C9H18N2O. The standard InChI is InChI=1S/C9H18N2O/c1-4-8(10)11-7-5-12-6-9(7,2)3/h7H,4-6H2,1-3H3,(H2,10,11). The molecule has 1 heterocycles. The summed E-state index contributed by atoms with van der Waals surface area (Å²) in [6.07, 6.45) is 0.826. The molecule has 70 valence electrons. The molecule has 0 aromatic rings. The van der Waals surface area contributed by atoms with Gasteiger partial charge in [0.25, 0.3) is 0 Å². The Morgan fingerprint density at radius 2 is 2.33 bits per heavy atom. The molecule has 2 N–H and O–H groups in total. The number of nitrogens with zero attached hydrogens (tertiary/aromatic N) is 1. The molecule has 0 amide bonds. The number of ether oxygens (including phenoxy) is 1. The number of hydrogen-bond donors (Lipinski definition) is 1. The maximum atomic E-state index is 5.67. The quantitative estimate of drug-likeness (QED) is 0.499. The summed E-state index contributed by atoms with van der Waals surface area (Å²) in [5, 5.41) is 0. The van der Waals surface area contributed by atoms with Crippen molar-refractivity contribution >= 4 is 5.84 Å². The Balaban J connectivity index is 2.63. The first-order valence-corrected chi connectivity index (χ1v) is 4.46. The van der Waals surface area contributed by atoms with Crippen molar-refractivity contribution in [1.82, 2.24) is 0 Å². The van der Waals surface area contributed by atoms with E-state index >= 15 is 0 Å². The maximum Gasteiger partial charge on any atom is 0.0939 e. The zero-order chi connectivity index (χ0) is 9.19. The Kier molecular flexibility index (Phi) is 2.73. The van der Waals surface area contributed by atoms with E-state index in [-0.39, 0.29) is 11.5 Å². The highest BCUT2D eigenvalue weighted by molar-refractivity contribution is 5.80. The Hall–Kier alpha value is -0.570. The van der Waals surface area contributed by atoms with E-state index in [0.717, 1.165) is 18.9 Å². The van der Waals surface area contributed by atoms with Gasteiger partial charge in [-0.15, -0.1) is 0 Å². The highest BCUT2D eigenvalue weighted by Crippen LogP contribution is 2.29. The molecule has 1 aliphatic heterocycles. The summed E-state index contributed by atoms with van der Waals surface area (Å²) >= 11 is 0. The average Bonchev–Trinajstić information content (AvgIpc) is 2.31. The predicted molar refractivity (Wildman–Crippen MR) is 50.3 cm³/mol. The largest absolute Gasteiger partial charge is 0.387 e. The first-order valence-electron chi connectivity index (χ1n) is 4.46. The average molecular weight is 170 g/mol. The normalized spacial score (nSPS) is 29.2. The molecule has 3 nitrogen and oxygen atoms in total. The molecule has 0 aromatic carbocycles. The van der Waals surface area contributed by atoms with Crippen molar-refractivity contribution < 1.29 is 4.74 Å². The van der Waals surface area contributed by atoms with Crippen LogP contribution in [0.5, 0.6) is 0 Å². The smallest absolute Gasteiger partial charge is 0.0939 e. The third kappa shape index (κ3) is 1.97. The fourth-order valence-corrected chi connectivity index (χ4v) is 1.26. The molecule has 1 unspecified atom stereocenters. The minimum Gasteiger partial charge on any atom is -0.387 e. The van der Waals surface area contributed by atoms with Gasteiger partial charge >= 0.3 is 0 Å². The van der Waals surface area contributed by atoms with Crippen LogP contribution >= 0.6 is 0 Å². The monoisotopic (exact) mass is 170 g/mol. The summed E-state index contributed by atoms with van der Waals surface area (Å²) < 4.78 is 5.36. The first kappa shape index (κ1) is 9.52. The van der Waals surface area contributed by atoms with Gasteiger partial charge in [-0.3, -0.25) is 4.99 Å². The molecular weight excluding hydrogens is 152 g/mol. The lowest BCUT2D eigenvalue weighted by atomic mass is 9.88. The minimum atomic E-state index is 0.153. The van der Waals surface area contributed by atoms with E-state index in [4.69, 9.17) is 10.5 Å². The first-order chi connectivity index (χ1) is 5.56. The lowest BCUT2D eigenvalue weighted by molar-refractivity contribution is 0.167. The van der Waals surface area contributed by atoms with E-state index in [1.807, 2.05) is 6.92 Å². The molecule has 1 fully saturated rings. The van der Waals surface area contributed by atoms with Crippen molar-refractivity contribution in [3.8, 4) is 0 Å². The van der Waals surface area contributed by atoms with Crippen molar-refractivity contribution in [2.75, 3.05) is 13.2 Å². The van der Waals surface area contributed by atoms with E-state index in [2.05, 4.69) is 18.8 Å². The van der Waals surface area contributed by atoms with Gasteiger partial charge in [-0.1, -0.05) is 20.8 Å². The van der Waals surface area contributed by atoms with Gasteiger partial charge in [0.05, 0.1) is 25.1 Å². The van der Waals surface area contributed by atoms with Crippen LogP contribution in [0, 0.1) is 5.41 Å². The molecule has 0 aliphatic carbocycles. The lowest BCUT2D eigenvalue weighted by Crippen LogP contribution is -2.28. The molecule has 3 heteroatoms. The van der Waals surface area contributed by atoms with Gasteiger partial charge in [0.2, 0.25) is 0 Å². The van der Waals surface area contributed by atoms with Gasteiger partial charge in [0.15, 0.2) is 0 Å². The van der Waals surface area contributed by atoms with Gasteiger partial charge in [-0.25, -0.2) is 0 Å². The topological polar surface area (TPSA) is 47.6 Å². The Morgan fingerprint density at radius 3 is 2.75 bits per heavy atom. The van der Waals surface area contributed by atoms with E-state index < -0.39 is 0 Å². The Morgan fingerprint density at radius 1 is 1.67 bits per heavy atom. The van der Waals surface area contributed by atoms with Crippen LogP contribution < -0.4 is 5.73 Å². The van der Waals surface area contributed by atoms with Gasteiger partial charge in [-0.2, -0.15) is 0 Å². The number of amidine groups is 1. The second kappa shape index (κ2) is 3.44. The molecule has 1 saturated heterocycles. The molecule has 0 saturated carbocycles. The fraction of sp³-hybridized carbons (Fsp3) is 0.889. The fourth-order valence-electron chi connectivity index (χ4n) is 1.26. The summed E-state index contributed by atoms with van der Waals surface area (Å²) in [7, 11) is 0. The lowest BCUT2D eigenvalue weighted by Gasteiger charge is -2.21. The van der Waals surface area contributed by atoms with Crippen molar-refractivity contribution in [3.05, 3.63) is 0 Å². The van der Waals surface area contributed by atoms with E-state index in [1.165, 1.54) is 0 Å². The summed E-state index contributed by atoms with van der Waals surface area (Å²) in [4.78, 5) is 4.42. The molecule has 1 rings (SSSR count). The summed E-state index contributed by atoms with van der Waals surface area (Å²) in [6, 6.07) is 0.248. The third-order valence-electron chi connectivity index (χ3n) is 2.34. The van der Waals surface area contributed by atoms with E-state index in [1.54, 1.807) is 0 Å². The molecule has 12 heavy (non-hydrogen) atoms. The summed E-state index contributed by atoms with van der Waals surface area (Å²) in [5.74, 6) is 0.735. The van der Waals surface area contributed by atoms with Crippen molar-refractivity contribution in [2.45, 2.75) is 33.2 Å². The number of rotatable bonds is 2. The predicted octanol–water partition coefficient (Wildman–Crippen LogP) is 1.18. The number of aliphatic imine (C=N–C) groups is 1. The van der Waals surface area contributed by atoms with Crippen LogP contribution in [-0.2, 0) is 4.74 Å². The second-order valence-corrected chi connectivity index (χ2v) is 3.99. The Labute approximate surface area is 74.0 Å². The number of hydrogen-bond acceptors (Lipinski definition) is 2. The SMILES string of the molecule is CCC(N)=NC1COCC1(C)C. The molecule has 0 radical (unpaired) electrons. The molecule has 0 bridgehead atoms. The highest BCUT2D eigenvalue weighted by atomic mass is 16.5. The van der Waals surface area contributed by atoms with Crippen LogP contribution in [0.4, 0.5) is 0 Å². The van der Waals surface area contributed by atoms with Gasteiger partial charge in [0, 0.05) is 11.8 Å². The van der Waals surface area contributed by atoms with Crippen LogP contribution in [-0.4, -0.2) is 25.1 Å². The second-order valence-electron chi connectivity index (χ2n) is 3.99.